The van der Waals surface area contributed by atoms with Crippen molar-refractivity contribution < 1.29 is 4.39 Å². The van der Waals surface area contributed by atoms with Gasteiger partial charge in [0.2, 0.25) is 5.95 Å². The smallest absolute Gasteiger partial charge is 0.213 e. The summed E-state index contributed by atoms with van der Waals surface area (Å²) in [5.74, 6) is -0.441. The first-order chi connectivity index (χ1) is 9.33. The molecule has 1 aliphatic rings. The number of hydrogen-bond acceptors (Lipinski definition) is 3. The summed E-state index contributed by atoms with van der Waals surface area (Å²) in [5, 5.41) is 3.34. The van der Waals surface area contributed by atoms with E-state index in [9.17, 15) is 4.39 Å². The van der Waals surface area contributed by atoms with Gasteiger partial charge in [-0.05, 0) is 29.3 Å². The molecule has 1 aliphatic heterocycles. The summed E-state index contributed by atoms with van der Waals surface area (Å²) in [7, 11) is 0. The molecule has 0 radical (unpaired) electrons. The van der Waals surface area contributed by atoms with Crippen LogP contribution >= 0.6 is 0 Å². The van der Waals surface area contributed by atoms with Crippen LogP contribution in [0, 0.1) is 5.95 Å². The first-order valence-electron chi connectivity index (χ1n) is 6.50. The second-order valence-electron chi connectivity index (χ2n) is 4.65. The molecule has 1 saturated heterocycles. The lowest BCUT2D eigenvalue weighted by molar-refractivity contribution is 0.584. The van der Waals surface area contributed by atoms with Gasteiger partial charge in [-0.3, -0.25) is 0 Å². The number of halogens is 1. The number of rotatable bonds is 2. The topological polar surface area (TPSA) is 28.2 Å². The van der Waals surface area contributed by atoms with E-state index in [0.29, 0.717) is 0 Å². The normalized spacial score (nSPS) is 15.5. The molecule has 2 aromatic rings. The number of anilines is 1. The Balaban J connectivity index is 1.82. The number of benzene rings is 1. The van der Waals surface area contributed by atoms with Gasteiger partial charge in [0.25, 0.3) is 0 Å². The van der Waals surface area contributed by atoms with E-state index in [0.717, 1.165) is 37.3 Å². The highest BCUT2D eigenvalue weighted by Crippen LogP contribution is 2.23. The Morgan fingerprint density at radius 3 is 2.42 bits per heavy atom. The molecule has 98 valence electrons. The molecule has 0 unspecified atom stereocenters. The lowest BCUT2D eigenvalue weighted by Gasteiger charge is -2.29. The van der Waals surface area contributed by atoms with Crippen LogP contribution in [-0.4, -0.2) is 31.2 Å². The second kappa shape index (κ2) is 5.36. The molecular weight excluding hydrogens is 241 g/mol. The highest BCUT2D eigenvalue weighted by Gasteiger charge is 2.10. The highest BCUT2D eigenvalue weighted by molar-refractivity contribution is 5.66. The van der Waals surface area contributed by atoms with Crippen molar-refractivity contribution in [3.8, 4) is 11.1 Å². The lowest BCUT2D eigenvalue weighted by atomic mass is 10.1. The molecule has 0 aliphatic carbocycles. The third kappa shape index (κ3) is 2.74. The van der Waals surface area contributed by atoms with Gasteiger partial charge in [-0.1, -0.05) is 12.1 Å². The van der Waals surface area contributed by atoms with Crippen molar-refractivity contribution in [3.63, 3.8) is 0 Å². The minimum absolute atomic E-state index is 0.441. The highest BCUT2D eigenvalue weighted by atomic mass is 19.1. The number of hydrogen-bond donors (Lipinski definition) is 1. The fourth-order valence-electron chi connectivity index (χ4n) is 2.37. The first kappa shape index (κ1) is 12.1. The van der Waals surface area contributed by atoms with Gasteiger partial charge >= 0.3 is 0 Å². The van der Waals surface area contributed by atoms with E-state index >= 15 is 0 Å². The first-order valence-corrected chi connectivity index (χ1v) is 6.50. The number of pyridine rings is 1. The molecule has 1 aromatic heterocycles. The molecule has 0 bridgehead atoms. The van der Waals surface area contributed by atoms with Crippen molar-refractivity contribution in [1.29, 1.82) is 0 Å². The van der Waals surface area contributed by atoms with Gasteiger partial charge in [0, 0.05) is 44.1 Å². The average Bonchev–Trinajstić information content (AvgIpc) is 2.48. The van der Waals surface area contributed by atoms with Crippen LogP contribution in [0.25, 0.3) is 11.1 Å². The van der Waals surface area contributed by atoms with Crippen molar-refractivity contribution in [2.24, 2.45) is 0 Å². The predicted molar refractivity (Wildman–Crippen MR) is 74.7 cm³/mol. The zero-order valence-corrected chi connectivity index (χ0v) is 10.6. The van der Waals surface area contributed by atoms with Gasteiger partial charge in [-0.2, -0.15) is 4.39 Å². The summed E-state index contributed by atoms with van der Waals surface area (Å²) >= 11 is 0. The Labute approximate surface area is 112 Å². The van der Waals surface area contributed by atoms with E-state index < -0.39 is 5.95 Å². The largest absolute Gasteiger partial charge is 0.369 e. The maximum absolute atomic E-state index is 13.1. The van der Waals surface area contributed by atoms with Gasteiger partial charge in [0.05, 0.1) is 0 Å². The van der Waals surface area contributed by atoms with E-state index in [-0.39, 0.29) is 0 Å². The quantitative estimate of drug-likeness (QED) is 0.837. The molecule has 0 amide bonds. The van der Waals surface area contributed by atoms with Crippen molar-refractivity contribution in [3.05, 3.63) is 48.5 Å². The van der Waals surface area contributed by atoms with Gasteiger partial charge < -0.3 is 10.2 Å². The second-order valence-corrected chi connectivity index (χ2v) is 4.65. The monoisotopic (exact) mass is 257 g/mol. The van der Waals surface area contributed by atoms with Crippen LogP contribution in [0.5, 0.6) is 0 Å². The maximum atomic E-state index is 13.1. The van der Waals surface area contributed by atoms with Gasteiger partial charge in [0.1, 0.15) is 0 Å². The molecule has 4 heteroatoms. The van der Waals surface area contributed by atoms with Crippen LogP contribution in [0.4, 0.5) is 10.1 Å². The molecule has 2 heterocycles. The van der Waals surface area contributed by atoms with Gasteiger partial charge in [0.15, 0.2) is 0 Å². The standard InChI is InChI=1S/C15H16FN3/c16-15-11-13(5-6-18-15)12-1-3-14(4-2-12)19-9-7-17-8-10-19/h1-6,11,17H,7-10H2. The number of aromatic nitrogens is 1. The Bertz CT molecular complexity index is 548. The van der Waals surface area contributed by atoms with Crippen molar-refractivity contribution in [2.75, 3.05) is 31.1 Å². The summed E-state index contributed by atoms with van der Waals surface area (Å²) in [6.07, 6.45) is 1.49. The van der Waals surface area contributed by atoms with Crippen LogP contribution in [0.15, 0.2) is 42.6 Å². The van der Waals surface area contributed by atoms with E-state index in [1.54, 1.807) is 0 Å². The third-order valence-electron chi connectivity index (χ3n) is 3.41. The van der Waals surface area contributed by atoms with E-state index in [4.69, 9.17) is 0 Å². The van der Waals surface area contributed by atoms with Crippen LogP contribution in [0.2, 0.25) is 0 Å². The summed E-state index contributed by atoms with van der Waals surface area (Å²) in [6, 6.07) is 11.5. The van der Waals surface area contributed by atoms with Crippen molar-refractivity contribution in [1.82, 2.24) is 10.3 Å². The number of piperazine rings is 1. The Morgan fingerprint density at radius 1 is 1.00 bits per heavy atom. The summed E-state index contributed by atoms with van der Waals surface area (Å²) in [5.41, 5.74) is 3.10. The van der Waals surface area contributed by atoms with Gasteiger partial charge in [-0.25, -0.2) is 4.98 Å². The molecule has 0 saturated carbocycles. The van der Waals surface area contributed by atoms with Crippen molar-refractivity contribution in [2.45, 2.75) is 0 Å². The zero-order valence-electron chi connectivity index (χ0n) is 10.6. The molecule has 3 rings (SSSR count). The third-order valence-corrected chi connectivity index (χ3v) is 3.41. The SMILES string of the molecule is Fc1cc(-c2ccc(N3CCNCC3)cc2)ccn1. The molecule has 1 fully saturated rings. The molecule has 0 spiro atoms. The Kier molecular flexibility index (Phi) is 3.42. The van der Waals surface area contributed by atoms with E-state index in [1.165, 1.54) is 18.0 Å². The Hall–Kier alpha value is -1.94. The fourth-order valence-corrected chi connectivity index (χ4v) is 2.37. The Morgan fingerprint density at radius 2 is 1.74 bits per heavy atom. The van der Waals surface area contributed by atoms with E-state index in [2.05, 4.69) is 27.3 Å². The maximum Gasteiger partial charge on any atom is 0.213 e. The lowest BCUT2D eigenvalue weighted by Crippen LogP contribution is -2.43. The molecule has 3 nitrogen and oxygen atoms in total. The zero-order chi connectivity index (χ0) is 13.1. The summed E-state index contributed by atoms with van der Waals surface area (Å²) in [4.78, 5) is 5.93. The molecule has 0 atom stereocenters. The van der Waals surface area contributed by atoms with Crippen LogP contribution in [0.3, 0.4) is 0 Å². The number of nitrogens with one attached hydrogen (secondary N) is 1. The van der Waals surface area contributed by atoms with Crippen LogP contribution in [-0.2, 0) is 0 Å². The average molecular weight is 257 g/mol. The van der Waals surface area contributed by atoms with Crippen LogP contribution < -0.4 is 10.2 Å². The summed E-state index contributed by atoms with van der Waals surface area (Å²) < 4.78 is 13.1. The van der Waals surface area contributed by atoms with E-state index in [1.807, 2.05) is 18.2 Å². The minimum Gasteiger partial charge on any atom is -0.369 e. The van der Waals surface area contributed by atoms with Gasteiger partial charge in [-0.15, -0.1) is 0 Å². The minimum atomic E-state index is -0.441. The molecule has 1 aromatic carbocycles. The van der Waals surface area contributed by atoms with Crippen molar-refractivity contribution >= 4 is 5.69 Å². The molecular formula is C15H16FN3. The summed E-state index contributed by atoms with van der Waals surface area (Å²) in [6.45, 7) is 4.11. The molecule has 19 heavy (non-hydrogen) atoms. The predicted octanol–water partition coefficient (Wildman–Crippen LogP) is 2.30. The number of nitrogens with zero attached hydrogens (tertiary/aromatic N) is 2. The fraction of sp³-hybridized carbons (Fsp3) is 0.267. The molecule has 1 N–H and O–H groups in total. The van der Waals surface area contributed by atoms with Crippen LogP contribution in [0.1, 0.15) is 0 Å².